The van der Waals surface area contributed by atoms with Gasteiger partial charge in [-0.3, -0.25) is 14.2 Å². The van der Waals surface area contributed by atoms with Gasteiger partial charge >= 0.3 is 16.4 Å². The average Bonchev–Trinajstić information content (AvgIpc) is 3.26. The largest absolute Gasteiger partial charge is 0.418 e. The third-order valence-electron chi connectivity index (χ3n) is 6.30. The van der Waals surface area contributed by atoms with Crippen LogP contribution in [0.5, 0.6) is 0 Å². The molecule has 0 aromatic carbocycles. The van der Waals surface area contributed by atoms with E-state index in [1.807, 2.05) is 0 Å². The maximum atomic E-state index is 12.5. The van der Waals surface area contributed by atoms with Crippen molar-refractivity contribution in [2.75, 3.05) is 52.4 Å². The van der Waals surface area contributed by atoms with Crippen LogP contribution in [0, 0.1) is 5.92 Å². The number of hydroxylamine groups is 3. The van der Waals surface area contributed by atoms with Gasteiger partial charge in [0.25, 0.3) is 5.91 Å². The van der Waals surface area contributed by atoms with E-state index in [4.69, 9.17) is 9.39 Å². The standard InChI is InChI=1S/C17H30N6O7S/c24-16(15-2-1-14-10-22(15)17(25)23(14)30-31(26,27)28)20-29-11-13-7-12(8-19-13)9-21-5-3-18-4-6-21/h12-15,18-19H,1-11H2,(H,20,24)(H,26,27,28)/t12-,13-,14-,15+/m1/s1. The third-order valence-corrected chi connectivity index (χ3v) is 6.65. The van der Waals surface area contributed by atoms with Gasteiger partial charge in [-0.15, -0.1) is 4.28 Å². The molecule has 0 aromatic heterocycles. The summed E-state index contributed by atoms with van der Waals surface area (Å²) in [5.41, 5.74) is 2.42. The summed E-state index contributed by atoms with van der Waals surface area (Å²) in [5, 5.41) is 7.39. The number of hydrogen-bond donors (Lipinski definition) is 4. The lowest BCUT2D eigenvalue weighted by atomic mass is 10.0. The first-order valence-electron chi connectivity index (χ1n) is 10.6. The highest BCUT2D eigenvalue weighted by Gasteiger charge is 2.49. The smallest absolute Gasteiger partial charge is 0.314 e. The topological polar surface area (TPSA) is 153 Å². The first-order valence-corrected chi connectivity index (χ1v) is 12.0. The van der Waals surface area contributed by atoms with E-state index in [1.54, 1.807) is 0 Å². The lowest BCUT2D eigenvalue weighted by Crippen LogP contribution is -2.50. The van der Waals surface area contributed by atoms with Crippen molar-refractivity contribution < 1.29 is 31.7 Å². The van der Waals surface area contributed by atoms with E-state index in [1.165, 1.54) is 4.90 Å². The minimum atomic E-state index is -4.81. The van der Waals surface area contributed by atoms with Gasteiger partial charge in [-0.1, -0.05) is 0 Å². The zero-order chi connectivity index (χ0) is 22.0. The lowest BCUT2D eigenvalue weighted by molar-refractivity contribution is -0.139. The predicted molar refractivity (Wildman–Crippen MR) is 107 cm³/mol. The molecule has 0 aliphatic carbocycles. The monoisotopic (exact) mass is 462 g/mol. The maximum Gasteiger partial charge on any atom is 0.418 e. The van der Waals surface area contributed by atoms with Crippen molar-refractivity contribution >= 4 is 22.3 Å². The van der Waals surface area contributed by atoms with Crippen molar-refractivity contribution in [3.63, 3.8) is 0 Å². The normalized spacial score (nSPS) is 32.0. The Hall–Kier alpha value is -1.55. The van der Waals surface area contributed by atoms with Gasteiger partial charge in [-0.25, -0.2) is 10.3 Å². The van der Waals surface area contributed by atoms with E-state index in [2.05, 4.69) is 25.3 Å². The van der Waals surface area contributed by atoms with Crippen LogP contribution in [0.1, 0.15) is 19.3 Å². The molecule has 4 saturated heterocycles. The maximum absolute atomic E-state index is 12.5. The molecule has 0 saturated carbocycles. The Kier molecular flexibility index (Phi) is 6.95. The fourth-order valence-corrected chi connectivity index (χ4v) is 5.20. The quantitative estimate of drug-likeness (QED) is 0.234. The van der Waals surface area contributed by atoms with Crippen LogP contribution in [0.15, 0.2) is 0 Å². The molecule has 4 rings (SSSR count). The van der Waals surface area contributed by atoms with Gasteiger partial charge in [-0.05, 0) is 31.7 Å². The Morgan fingerprint density at radius 3 is 2.77 bits per heavy atom. The number of carbonyl (C=O) groups is 2. The van der Waals surface area contributed by atoms with Crippen molar-refractivity contribution in [1.29, 1.82) is 0 Å². The SMILES string of the molecule is O=C(NOC[C@H]1C[C@@H](CN2CCNCC2)CN1)[C@@H]1CC[C@@H]2CN1C(=O)N2OS(=O)(=O)O. The van der Waals surface area contributed by atoms with Crippen molar-refractivity contribution in [2.24, 2.45) is 5.92 Å². The highest BCUT2D eigenvalue weighted by molar-refractivity contribution is 7.80. The van der Waals surface area contributed by atoms with E-state index in [9.17, 15) is 18.0 Å². The van der Waals surface area contributed by atoms with Crippen LogP contribution < -0.4 is 16.1 Å². The molecule has 4 atom stereocenters. The predicted octanol–water partition coefficient (Wildman–Crippen LogP) is -2.08. The van der Waals surface area contributed by atoms with Crippen LogP contribution in [0.4, 0.5) is 4.79 Å². The van der Waals surface area contributed by atoms with Crippen LogP contribution >= 0.6 is 0 Å². The molecule has 4 aliphatic heterocycles. The number of piperazine rings is 1. The number of fused-ring (bicyclic) bond motifs is 2. The summed E-state index contributed by atoms with van der Waals surface area (Å²) in [6.45, 7) is 6.63. The molecule has 4 aliphatic rings. The Labute approximate surface area is 181 Å². The molecule has 0 spiro atoms. The lowest BCUT2D eigenvalue weighted by Gasteiger charge is -2.29. The van der Waals surface area contributed by atoms with Gasteiger partial charge in [-0.2, -0.15) is 13.5 Å². The second kappa shape index (κ2) is 9.52. The van der Waals surface area contributed by atoms with Gasteiger partial charge in [0.05, 0.1) is 12.6 Å². The van der Waals surface area contributed by atoms with Gasteiger partial charge in [0.1, 0.15) is 6.04 Å². The summed E-state index contributed by atoms with van der Waals surface area (Å²) < 4.78 is 35.1. The van der Waals surface area contributed by atoms with Crippen LogP contribution in [-0.4, -0.2) is 110 Å². The number of carbonyl (C=O) groups excluding carboxylic acids is 2. The molecule has 4 fully saturated rings. The molecule has 14 heteroatoms. The Morgan fingerprint density at radius 2 is 2.03 bits per heavy atom. The molecule has 31 heavy (non-hydrogen) atoms. The van der Waals surface area contributed by atoms with Crippen molar-refractivity contribution in [2.45, 2.75) is 37.4 Å². The van der Waals surface area contributed by atoms with Crippen molar-refractivity contribution in [1.82, 2.24) is 31.0 Å². The highest BCUT2D eigenvalue weighted by atomic mass is 32.3. The van der Waals surface area contributed by atoms with Crippen LogP contribution in [-0.2, 0) is 24.3 Å². The Morgan fingerprint density at radius 1 is 1.26 bits per heavy atom. The summed E-state index contributed by atoms with van der Waals surface area (Å²) in [6.07, 6.45) is 1.68. The second-order valence-corrected chi connectivity index (χ2v) is 9.55. The molecule has 4 N–H and O–H groups in total. The Bertz CT molecular complexity index is 777. The number of nitrogens with one attached hydrogen (secondary N) is 3. The molecular formula is C17H30N6O7S. The average molecular weight is 463 g/mol. The molecule has 0 aromatic rings. The van der Waals surface area contributed by atoms with E-state index < -0.39 is 34.4 Å². The molecule has 0 unspecified atom stereocenters. The first-order chi connectivity index (χ1) is 14.8. The Balaban J connectivity index is 1.19. The van der Waals surface area contributed by atoms with Crippen LogP contribution in [0.25, 0.3) is 0 Å². The fourth-order valence-electron chi connectivity index (χ4n) is 4.81. The van der Waals surface area contributed by atoms with E-state index in [0.717, 1.165) is 45.7 Å². The highest BCUT2D eigenvalue weighted by Crippen LogP contribution is 2.30. The minimum absolute atomic E-state index is 0.143. The molecule has 3 amide bonds. The summed E-state index contributed by atoms with van der Waals surface area (Å²) in [5.74, 6) is 0.0876. The minimum Gasteiger partial charge on any atom is -0.314 e. The molecule has 2 bridgehead atoms. The summed E-state index contributed by atoms with van der Waals surface area (Å²) >= 11 is 0. The molecule has 176 valence electrons. The summed E-state index contributed by atoms with van der Waals surface area (Å²) in [7, 11) is -4.81. The van der Waals surface area contributed by atoms with Gasteiger partial charge in [0.2, 0.25) is 0 Å². The van der Waals surface area contributed by atoms with Crippen LogP contribution in [0.3, 0.4) is 0 Å². The number of piperidine rings is 1. The molecule has 13 nitrogen and oxygen atoms in total. The third kappa shape index (κ3) is 5.63. The number of amides is 3. The zero-order valence-corrected chi connectivity index (χ0v) is 18.1. The fraction of sp³-hybridized carbons (Fsp3) is 0.882. The number of rotatable bonds is 8. The molecule has 0 radical (unpaired) electrons. The van der Waals surface area contributed by atoms with Gasteiger partial charge in [0.15, 0.2) is 0 Å². The molecule has 4 heterocycles. The first kappa shape index (κ1) is 22.6. The number of nitrogens with zero attached hydrogens (tertiary/aromatic N) is 3. The van der Waals surface area contributed by atoms with Gasteiger partial charge in [0, 0.05) is 45.3 Å². The van der Waals surface area contributed by atoms with Crippen molar-refractivity contribution in [3.05, 3.63) is 0 Å². The summed E-state index contributed by atoms with van der Waals surface area (Å²) in [4.78, 5) is 34.0. The number of urea groups is 1. The van der Waals surface area contributed by atoms with Crippen LogP contribution in [0.2, 0.25) is 0 Å². The van der Waals surface area contributed by atoms with Crippen molar-refractivity contribution in [3.8, 4) is 0 Å². The second-order valence-electron chi connectivity index (χ2n) is 8.54. The molecular weight excluding hydrogens is 432 g/mol. The zero-order valence-electron chi connectivity index (χ0n) is 17.2. The summed E-state index contributed by atoms with van der Waals surface area (Å²) in [6, 6.07) is -1.94. The van der Waals surface area contributed by atoms with E-state index >= 15 is 0 Å². The van der Waals surface area contributed by atoms with Gasteiger partial charge < -0.3 is 20.4 Å². The van der Waals surface area contributed by atoms with E-state index in [-0.39, 0.29) is 12.6 Å². The van der Waals surface area contributed by atoms with E-state index in [0.29, 0.717) is 30.4 Å². The number of hydrogen-bond acceptors (Lipinski definition) is 9.